The van der Waals surface area contributed by atoms with Crippen LogP contribution in [0.1, 0.15) is 47.8 Å². The van der Waals surface area contributed by atoms with Gasteiger partial charge in [0.25, 0.3) is 0 Å². The predicted molar refractivity (Wildman–Crippen MR) is 117 cm³/mol. The van der Waals surface area contributed by atoms with Crippen LogP contribution in [0.4, 0.5) is 30.6 Å². The lowest BCUT2D eigenvalue weighted by Gasteiger charge is -2.26. The number of carbonyl (C=O) groups excluding carboxylic acids is 1. The van der Waals surface area contributed by atoms with E-state index in [2.05, 4.69) is 25.6 Å². The molecule has 0 radical (unpaired) electrons. The quantitative estimate of drug-likeness (QED) is 0.406. The lowest BCUT2D eigenvalue weighted by atomic mass is 9.79. The number of ether oxygens (including phenoxy) is 1. The van der Waals surface area contributed by atoms with E-state index in [4.69, 9.17) is 9.52 Å². The van der Waals surface area contributed by atoms with E-state index >= 15 is 0 Å². The van der Waals surface area contributed by atoms with Crippen LogP contribution in [0.15, 0.2) is 52.9 Å². The van der Waals surface area contributed by atoms with Gasteiger partial charge in [0.1, 0.15) is 0 Å². The number of amides is 1. The molecule has 1 saturated carbocycles. The van der Waals surface area contributed by atoms with Gasteiger partial charge >= 0.3 is 30.1 Å². The molecule has 1 aliphatic carbocycles. The molecule has 12 heteroatoms. The van der Waals surface area contributed by atoms with Crippen LogP contribution in [0.25, 0.3) is 0 Å². The minimum Gasteiger partial charge on any atom is -0.481 e. The van der Waals surface area contributed by atoms with Crippen LogP contribution in [0.3, 0.4) is 0 Å². The number of nitrogens with zero attached hydrogens (tertiary/aromatic N) is 2. The lowest BCUT2D eigenvalue weighted by Crippen LogP contribution is -2.20. The summed E-state index contributed by atoms with van der Waals surface area (Å²) in [5, 5.41) is 21.5. The Kier molecular flexibility index (Phi) is 6.90. The standard InChI is InChI=1S/C23H21F3N4O5/c24-23(25,26)35-18-4-2-1-3-17(18)28-22-30-29-20(34-22)19(31)27-16-11-9-14(10-12-16)13-5-7-15(8-6-13)21(32)33/h1-4,9-13,15H,5-8H2,(H,27,31)(H,28,30)(H,32,33)/t13-,15-. The number of carboxylic acid groups (broad SMARTS) is 1. The number of para-hydroxylation sites is 2. The summed E-state index contributed by atoms with van der Waals surface area (Å²) in [7, 11) is 0. The number of hydrogen-bond donors (Lipinski definition) is 3. The van der Waals surface area contributed by atoms with Crippen molar-refractivity contribution in [3.05, 3.63) is 60.0 Å². The van der Waals surface area contributed by atoms with Crippen LogP contribution in [0.2, 0.25) is 0 Å². The van der Waals surface area contributed by atoms with E-state index in [9.17, 15) is 22.8 Å². The highest BCUT2D eigenvalue weighted by Gasteiger charge is 2.32. The molecule has 0 unspecified atom stereocenters. The zero-order valence-electron chi connectivity index (χ0n) is 18.2. The first-order valence-electron chi connectivity index (χ1n) is 10.8. The number of carboxylic acids is 1. The van der Waals surface area contributed by atoms with Crippen LogP contribution in [-0.2, 0) is 4.79 Å². The van der Waals surface area contributed by atoms with E-state index in [1.807, 2.05) is 12.1 Å². The SMILES string of the molecule is O=C(Nc1ccc([C@H]2CC[C@H](C(=O)O)CC2)cc1)c1nnc(Nc2ccccc2OC(F)(F)F)o1. The highest BCUT2D eigenvalue weighted by atomic mass is 19.4. The van der Waals surface area contributed by atoms with E-state index in [1.165, 1.54) is 18.2 Å². The molecular formula is C23H21F3N4O5. The summed E-state index contributed by atoms with van der Waals surface area (Å²) in [5.41, 5.74) is 1.47. The first-order valence-corrected chi connectivity index (χ1v) is 10.8. The fourth-order valence-electron chi connectivity index (χ4n) is 3.96. The second-order valence-electron chi connectivity index (χ2n) is 8.04. The molecule has 1 aromatic heterocycles. The zero-order valence-corrected chi connectivity index (χ0v) is 18.2. The molecule has 3 aromatic rings. The van der Waals surface area contributed by atoms with Gasteiger partial charge in [0, 0.05) is 5.69 Å². The average molecular weight is 490 g/mol. The highest BCUT2D eigenvalue weighted by Crippen LogP contribution is 2.36. The Morgan fingerprint density at radius 1 is 1.00 bits per heavy atom. The molecule has 35 heavy (non-hydrogen) atoms. The Balaban J connectivity index is 1.35. The molecule has 1 heterocycles. The maximum absolute atomic E-state index is 12.6. The predicted octanol–water partition coefficient (Wildman–Crippen LogP) is 5.32. The molecule has 184 valence electrons. The van der Waals surface area contributed by atoms with Crippen molar-refractivity contribution in [1.82, 2.24) is 10.2 Å². The van der Waals surface area contributed by atoms with E-state index in [1.54, 1.807) is 12.1 Å². The number of aliphatic carboxylic acids is 1. The van der Waals surface area contributed by atoms with Gasteiger partial charge in [-0.15, -0.1) is 18.3 Å². The van der Waals surface area contributed by atoms with Gasteiger partial charge in [0.15, 0.2) is 5.75 Å². The number of aromatic nitrogens is 2. The van der Waals surface area contributed by atoms with Gasteiger partial charge in [-0.3, -0.25) is 9.59 Å². The summed E-state index contributed by atoms with van der Waals surface area (Å²) >= 11 is 0. The highest BCUT2D eigenvalue weighted by molar-refractivity contribution is 6.00. The Morgan fingerprint density at radius 2 is 1.69 bits per heavy atom. The van der Waals surface area contributed by atoms with Crippen LogP contribution in [0, 0.1) is 5.92 Å². The molecule has 1 amide bonds. The number of anilines is 3. The molecule has 0 bridgehead atoms. The topological polar surface area (TPSA) is 127 Å². The largest absolute Gasteiger partial charge is 0.573 e. The van der Waals surface area contributed by atoms with Gasteiger partial charge in [-0.05, 0) is 61.4 Å². The third-order valence-electron chi connectivity index (χ3n) is 5.69. The first kappa shape index (κ1) is 24.0. The molecule has 0 atom stereocenters. The Labute approximate surface area is 197 Å². The van der Waals surface area contributed by atoms with Crippen molar-refractivity contribution in [3.8, 4) is 5.75 Å². The van der Waals surface area contributed by atoms with E-state index in [0.29, 0.717) is 18.5 Å². The normalized spacial score (nSPS) is 18.0. The molecule has 1 fully saturated rings. The summed E-state index contributed by atoms with van der Waals surface area (Å²) in [5.74, 6) is -2.35. The number of carbonyl (C=O) groups is 2. The second kappa shape index (κ2) is 10.0. The van der Waals surface area contributed by atoms with Gasteiger partial charge in [-0.2, -0.15) is 0 Å². The maximum atomic E-state index is 12.6. The number of halogens is 3. The van der Waals surface area contributed by atoms with Crippen molar-refractivity contribution >= 4 is 29.3 Å². The van der Waals surface area contributed by atoms with Crippen LogP contribution >= 0.6 is 0 Å². The lowest BCUT2D eigenvalue weighted by molar-refractivity contribution is -0.274. The minimum atomic E-state index is -4.88. The van der Waals surface area contributed by atoms with Crippen molar-refractivity contribution < 1.29 is 37.0 Å². The third-order valence-corrected chi connectivity index (χ3v) is 5.69. The summed E-state index contributed by atoms with van der Waals surface area (Å²) in [4.78, 5) is 23.6. The van der Waals surface area contributed by atoms with Crippen molar-refractivity contribution in [3.63, 3.8) is 0 Å². The van der Waals surface area contributed by atoms with E-state index in [0.717, 1.165) is 24.5 Å². The monoisotopic (exact) mass is 490 g/mol. The van der Waals surface area contributed by atoms with Crippen LogP contribution in [0.5, 0.6) is 5.75 Å². The van der Waals surface area contributed by atoms with Crippen molar-refractivity contribution in [2.45, 2.75) is 38.0 Å². The summed E-state index contributed by atoms with van der Waals surface area (Å²) in [6, 6.07) is 12.2. The number of benzene rings is 2. The van der Waals surface area contributed by atoms with Crippen molar-refractivity contribution in [2.24, 2.45) is 5.92 Å². The molecule has 0 aliphatic heterocycles. The minimum absolute atomic E-state index is 0.0755. The van der Waals surface area contributed by atoms with Gasteiger partial charge in [-0.1, -0.05) is 29.4 Å². The van der Waals surface area contributed by atoms with E-state index in [-0.39, 0.29) is 23.5 Å². The summed E-state index contributed by atoms with van der Waals surface area (Å²) in [6.07, 6.45) is -2.03. The number of rotatable bonds is 7. The summed E-state index contributed by atoms with van der Waals surface area (Å²) in [6.45, 7) is 0. The molecular weight excluding hydrogens is 469 g/mol. The van der Waals surface area contributed by atoms with Gasteiger partial charge < -0.3 is 24.9 Å². The number of nitrogens with one attached hydrogen (secondary N) is 2. The Hall–Kier alpha value is -4.09. The fourth-order valence-corrected chi connectivity index (χ4v) is 3.96. The molecule has 4 rings (SSSR count). The van der Waals surface area contributed by atoms with Crippen LogP contribution < -0.4 is 15.4 Å². The fraction of sp³-hybridized carbons (Fsp3) is 0.304. The Bertz CT molecular complexity index is 1190. The summed E-state index contributed by atoms with van der Waals surface area (Å²) < 4.78 is 46.9. The third kappa shape index (κ3) is 6.28. The van der Waals surface area contributed by atoms with Crippen molar-refractivity contribution in [1.29, 1.82) is 0 Å². The number of alkyl halides is 3. The zero-order chi connectivity index (χ0) is 25.0. The van der Waals surface area contributed by atoms with Crippen molar-refractivity contribution in [2.75, 3.05) is 10.6 Å². The van der Waals surface area contributed by atoms with E-state index < -0.39 is 29.9 Å². The Morgan fingerprint density at radius 3 is 2.34 bits per heavy atom. The first-order chi connectivity index (χ1) is 16.7. The molecule has 1 aliphatic rings. The van der Waals surface area contributed by atoms with Gasteiger partial charge in [-0.25, -0.2) is 0 Å². The molecule has 3 N–H and O–H groups in total. The molecule has 0 saturated heterocycles. The number of hydrogen-bond acceptors (Lipinski definition) is 7. The average Bonchev–Trinajstić information content (AvgIpc) is 3.29. The molecule has 2 aromatic carbocycles. The maximum Gasteiger partial charge on any atom is 0.573 e. The molecule has 0 spiro atoms. The van der Waals surface area contributed by atoms with Crippen LogP contribution in [-0.4, -0.2) is 33.5 Å². The second-order valence-corrected chi connectivity index (χ2v) is 8.04. The smallest absolute Gasteiger partial charge is 0.481 e. The molecule has 9 nitrogen and oxygen atoms in total. The van der Waals surface area contributed by atoms with Gasteiger partial charge in [0.05, 0.1) is 11.6 Å². The van der Waals surface area contributed by atoms with Gasteiger partial charge in [0.2, 0.25) is 0 Å².